The SMILES string of the molecule is COc1ccc(-c2nc3ccccc3c3nnc(S[C@@H](C)C(=O)Nc4ccc5c(c4)OCO5)n23)cc1. The number of para-hydroxylation sites is 1. The van der Waals surface area contributed by atoms with Crippen LogP contribution in [0.2, 0.25) is 0 Å². The molecule has 9 nitrogen and oxygen atoms in total. The molecule has 10 heteroatoms. The molecule has 1 N–H and O–H groups in total. The van der Waals surface area contributed by atoms with E-state index in [4.69, 9.17) is 19.2 Å². The average Bonchev–Trinajstić information content (AvgIpc) is 3.55. The Morgan fingerprint density at radius 3 is 2.69 bits per heavy atom. The van der Waals surface area contributed by atoms with Gasteiger partial charge < -0.3 is 19.5 Å². The van der Waals surface area contributed by atoms with E-state index in [1.807, 2.05) is 59.9 Å². The van der Waals surface area contributed by atoms with Gasteiger partial charge in [0.1, 0.15) is 11.6 Å². The number of fused-ring (bicyclic) bond motifs is 4. The largest absolute Gasteiger partial charge is 0.497 e. The monoisotopic (exact) mass is 499 g/mol. The first-order valence-electron chi connectivity index (χ1n) is 11.3. The van der Waals surface area contributed by atoms with E-state index in [2.05, 4.69) is 15.5 Å². The Bertz CT molecular complexity index is 1600. The van der Waals surface area contributed by atoms with Crippen molar-refractivity contribution in [1.82, 2.24) is 19.6 Å². The summed E-state index contributed by atoms with van der Waals surface area (Å²) in [7, 11) is 1.63. The molecule has 1 atom stereocenters. The first-order valence-corrected chi connectivity index (χ1v) is 12.1. The quantitative estimate of drug-likeness (QED) is 0.333. The number of amides is 1. The van der Waals surface area contributed by atoms with Crippen LogP contribution in [0.15, 0.2) is 71.9 Å². The van der Waals surface area contributed by atoms with Gasteiger partial charge in [-0.15, -0.1) is 10.2 Å². The van der Waals surface area contributed by atoms with Gasteiger partial charge in [-0.2, -0.15) is 0 Å². The molecule has 1 aliphatic rings. The number of ether oxygens (including phenoxy) is 3. The maximum absolute atomic E-state index is 13.0. The second kappa shape index (κ2) is 9.04. The van der Waals surface area contributed by atoms with Crippen LogP contribution in [0.5, 0.6) is 17.2 Å². The van der Waals surface area contributed by atoms with E-state index in [9.17, 15) is 4.79 Å². The second-order valence-electron chi connectivity index (χ2n) is 8.14. The van der Waals surface area contributed by atoms with Crippen molar-refractivity contribution in [3.05, 3.63) is 66.7 Å². The number of aromatic nitrogens is 4. The number of nitrogens with zero attached hydrogens (tertiary/aromatic N) is 4. The molecule has 1 aliphatic heterocycles. The Balaban J connectivity index is 1.35. The number of hydrogen-bond acceptors (Lipinski definition) is 8. The van der Waals surface area contributed by atoms with Gasteiger partial charge in [0, 0.05) is 22.7 Å². The highest BCUT2D eigenvalue weighted by Crippen LogP contribution is 2.35. The van der Waals surface area contributed by atoms with Crippen LogP contribution in [-0.4, -0.2) is 44.6 Å². The number of anilines is 1. The average molecular weight is 500 g/mol. The summed E-state index contributed by atoms with van der Waals surface area (Å²) in [6.45, 7) is 2.01. The van der Waals surface area contributed by atoms with E-state index < -0.39 is 5.25 Å². The van der Waals surface area contributed by atoms with Crippen molar-refractivity contribution < 1.29 is 19.0 Å². The van der Waals surface area contributed by atoms with Gasteiger partial charge >= 0.3 is 0 Å². The lowest BCUT2D eigenvalue weighted by Gasteiger charge is -2.13. The standard InChI is InChI=1S/C26H21N5O4S/c1-15(25(32)27-17-9-12-21-22(13-17)35-14-34-21)36-26-30-29-24-19-5-3-4-6-20(19)28-23(31(24)26)16-7-10-18(33-2)11-8-16/h3-13,15H,14H2,1-2H3,(H,27,32)/t15-/m0/s1. The van der Waals surface area contributed by atoms with Crippen molar-refractivity contribution >= 4 is 39.9 Å². The maximum Gasteiger partial charge on any atom is 0.237 e. The van der Waals surface area contributed by atoms with Crippen molar-refractivity contribution in [3.8, 4) is 28.6 Å². The Morgan fingerprint density at radius 1 is 1.06 bits per heavy atom. The van der Waals surface area contributed by atoms with E-state index in [1.54, 1.807) is 25.3 Å². The van der Waals surface area contributed by atoms with Crippen molar-refractivity contribution in [2.75, 3.05) is 19.2 Å². The van der Waals surface area contributed by atoms with E-state index >= 15 is 0 Å². The van der Waals surface area contributed by atoms with Gasteiger partial charge in [0.25, 0.3) is 0 Å². The van der Waals surface area contributed by atoms with Gasteiger partial charge in [-0.05, 0) is 55.5 Å². The summed E-state index contributed by atoms with van der Waals surface area (Å²) in [5, 5.41) is 12.8. The van der Waals surface area contributed by atoms with Crippen molar-refractivity contribution in [2.45, 2.75) is 17.3 Å². The molecule has 6 rings (SSSR count). The predicted molar refractivity (Wildman–Crippen MR) is 137 cm³/mol. The van der Waals surface area contributed by atoms with E-state index in [0.29, 0.717) is 33.8 Å². The molecule has 0 fully saturated rings. The highest BCUT2D eigenvalue weighted by molar-refractivity contribution is 8.00. The molecule has 0 saturated carbocycles. The van der Waals surface area contributed by atoms with Crippen LogP contribution in [-0.2, 0) is 4.79 Å². The summed E-state index contributed by atoms with van der Waals surface area (Å²) in [4.78, 5) is 17.9. The van der Waals surface area contributed by atoms with Crippen LogP contribution in [0, 0.1) is 0 Å². The lowest BCUT2D eigenvalue weighted by molar-refractivity contribution is -0.115. The van der Waals surface area contributed by atoms with Gasteiger partial charge in [0.15, 0.2) is 22.3 Å². The number of hydrogen-bond donors (Lipinski definition) is 1. The molecule has 0 spiro atoms. The highest BCUT2D eigenvalue weighted by atomic mass is 32.2. The summed E-state index contributed by atoms with van der Waals surface area (Å²) < 4.78 is 18.0. The third kappa shape index (κ3) is 3.95. The summed E-state index contributed by atoms with van der Waals surface area (Å²) >= 11 is 1.31. The second-order valence-corrected chi connectivity index (χ2v) is 9.45. The zero-order chi connectivity index (χ0) is 24.6. The summed E-state index contributed by atoms with van der Waals surface area (Å²) in [5.41, 5.74) is 3.01. The molecule has 3 aromatic carbocycles. The third-order valence-corrected chi connectivity index (χ3v) is 6.90. The summed E-state index contributed by atoms with van der Waals surface area (Å²) in [6.07, 6.45) is 0. The van der Waals surface area contributed by atoms with Crippen molar-refractivity contribution in [3.63, 3.8) is 0 Å². The zero-order valence-corrected chi connectivity index (χ0v) is 20.3. The Hall–Kier alpha value is -4.31. The molecule has 0 aliphatic carbocycles. The number of thioether (sulfide) groups is 1. The number of nitrogens with one attached hydrogen (secondary N) is 1. The fourth-order valence-corrected chi connectivity index (χ4v) is 4.85. The fourth-order valence-electron chi connectivity index (χ4n) is 4.00. The van der Waals surface area contributed by atoms with E-state index in [-0.39, 0.29) is 12.7 Å². The van der Waals surface area contributed by atoms with Gasteiger partial charge in [-0.25, -0.2) is 4.98 Å². The van der Waals surface area contributed by atoms with Crippen molar-refractivity contribution in [1.29, 1.82) is 0 Å². The van der Waals surface area contributed by atoms with Gasteiger partial charge in [-0.1, -0.05) is 23.9 Å². The normalized spacial score (nSPS) is 13.2. The first kappa shape index (κ1) is 22.2. The van der Waals surface area contributed by atoms with E-state index in [0.717, 1.165) is 22.2 Å². The van der Waals surface area contributed by atoms with Crippen LogP contribution >= 0.6 is 11.8 Å². The number of carbonyl (C=O) groups is 1. The van der Waals surface area contributed by atoms with Crippen LogP contribution in [0.4, 0.5) is 5.69 Å². The first-order chi connectivity index (χ1) is 17.6. The molecule has 2 aromatic heterocycles. The smallest absolute Gasteiger partial charge is 0.237 e. The molecule has 180 valence electrons. The van der Waals surface area contributed by atoms with Crippen LogP contribution < -0.4 is 19.5 Å². The molecular weight excluding hydrogens is 478 g/mol. The summed E-state index contributed by atoms with van der Waals surface area (Å²) in [5.74, 6) is 2.54. The van der Waals surface area contributed by atoms with Gasteiger partial charge in [-0.3, -0.25) is 9.20 Å². The molecular formula is C26H21N5O4S. The minimum absolute atomic E-state index is 0.171. The number of carbonyl (C=O) groups excluding carboxylic acids is 1. The van der Waals surface area contributed by atoms with E-state index in [1.165, 1.54) is 11.8 Å². The molecule has 3 heterocycles. The van der Waals surface area contributed by atoms with Gasteiger partial charge in [0.2, 0.25) is 12.7 Å². The molecule has 36 heavy (non-hydrogen) atoms. The minimum Gasteiger partial charge on any atom is -0.497 e. The Labute approximate surface area is 210 Å². The molecule has 1 amide bonds. The lowest BCUT2D eigenvalue weighted by atomic mass is 10.1. The number of methoxy groups -OCH3 is 1. The number of benzene rings is 3. The molecule has 5 aromatic rings. The van der Waals surface area contributed by atoms with Crippen molar-refractivity contribution in [2.24, 2.45) is 0 Å². The third-order valence-electron chi connectivity index (χ3n) is 5.86. The molecule has 0 saturated heterocycles. The Morgan fingerprint density at radius 2 is 1.86 bits per heavy atom. The highest BCUT2D eigenvalue weighted by Gasteiger charge is 2.22. The molecule has 0 bridgehead atoms. The number of rotatable bonds is 6. The minimum atomic E-state index is -0.460. The molecule has 0 radical (unpaired) electrons. The topological polar surface area (TPSA) is 99.9 Å². The lowest BCUT2D eigenvalue weighted by Crippen LogP contribution is -2.22. The zero-order valence-electron chi connectivity index (χ0n) is 19.5. The molecule has 0 unspecified atom stereocenters. The maximum atomic E-state index is 13.0. The predicted octanol–water partition coefficient (Wildman–Crippen LogP) is 4.80. The fraction of sp³-hybridized carbons (Fsp3) is 0.154. The summed E-state index contributed by atoms with van der Waals surface area (Å²) in [6, 6.07) is 20.8. The van der Waals surface area contributed by atoms with Crippen LogP contribution in [0.25, 0.3) is 27.9 Å². The van der Waals surface area contributed by atoms with Crippen LogP contribution in [0.3, 0.4) is 0 Å². The van der Waals surface area contributed by atoms with Gasteiger partial charge in [0.05, 0.1) is 17.9 Å². The van der Waals surface area contributed by atoms with Crippen LogP contribution in [0.1, 0.15) is 6.92 Å². The Kier molecular flexibility index (Phi) is 5.57.